The zero-order valence-electron chi connectivity index (χ0n) is 24.9. The zero-order chi connectivity index (χ0) is 30.5. The highest BCUT2D eigenvalue weighted by molar-refractivity contribution is 6.32. The number of aromatic nitrogens is 3. The maximum Gasteiger partial charge on any atom is 0.164 e. The normalized spacial score (nSPS) is 11.5. The van der Waals surface area contributed by atoms with Crippen LogP contribution in [0.25, 0.3) is 88.4 Å². The van der Waals surface area contributed by atoms with Crippen molar-refractivity contribution >= 4 is 43.1 Å². The van der Waals surface area contributed by atoms with Gasteiger partial charge in [-0.3, -0.25) is 0 Å². The maximum atomic E-state index is 4.98. The van der Waals surface area contributed by atoms with Crippen LogP contribution in [-0.2, 0) is 0 Å². The summed E-state index contributed by atoms with van der Waals surface area (Å²) >= 11 is 0. The first kappa shape index (κ1) is 26.2. The molecule has 3 heteroatoms. The van der Waals surface area contributed by atoms with Gasteiger partial charge in [0.15, 0.2) is 17.5 Å². The lowest BCUT2D eigenvalue weighted by molar-refractivity contribution is 1.07. The van der Waals surface area contributed by atoms with Gasteiger partial charge < -0.3 is 0 Å². The highest BCUT2D eigenvalue weighted by atomic mass is 15.0. The summed E-state index contributed by atoms with van der Waals surface area (Å²) < 4.78 is 0. The van der Waals surface area contributed by atoms with Crippen LogP contribution in [0.3, 0.4) is 0 Å². The number of benzene rings is 8. The predicted molar refractivity (Wildman–Crippen MR) is 192 cm³/mol. The van der Waals surface area contributed by atoms with Gasteiger partial charge in [0.2, 0.25) is 0 Å². The lowest BCUT2D eigenvalue weighted by Crippen LogP contribution is -2.00. The fraction of sp³-hybridized carbons (Fsp3) is 0. The zero-order valence-corrected chi connectivity index (χ0v) is 24.9. The fourth-order valence-electron chi connectivity index (χ4n) is 6.78. The molecule has 0 saturated heterocycles. The van der Waals surface area contributed by atoms with Gasteiger partial charge in [0.1, 0.15) is 0 Å². The molecule has 9 aromatic rings. The van der Waals surface area contributed by atoms with Crippen molar-refractivity contribution in [1.82, 2.24) is 15.0 Å². The predicted octanol–water partition coefficient (Wildman–Crippen LogP) is 11.2. The molecule has 9 rings (SSSR count). The van der Waals surface area contributed by atoms with Crippen LogP contribution in [0.4, 0.5) is 0 Å². The van der Waals surface area contributed by atoms with E-state index in [-0.39, 0.29) is 0 Å². The van der Waals surface area contributed by atoms with Gasteiger partial charge in [-0.05, 0) is 60.3 Å². The molecule has 3 nitrogen and oxygen atoms in total. The van der Waals surface area contributed by atoms with Crippen molar-refractivity contribution in [2.45, 2.75) is 0 Å². The molecule has 8 aromatic carbocycles. The first-order valence-electron chi connectivity index (χ1n) is 15.5. The standard InChI is InChI=1S/C43H27N3/c1-3-13-28(14-4-1)41-44-42(29-15-5-2-6-16-29)46-43(45-41)31-18-11-17-30(27-31)32-23-12-24-38-36(32)25-26-39-35-21-8-7-19-33(35)34-20-9-10-22-37(34)40(38)39/h1-27H. The Labute approximate surface area is 266 Å². The van der Waals surface area contributed by atoms with E-state index >= 15 is 0 Å². The molecule has 1 heterocycles. The maximum absolute atomic E-state index is 4.98. The molecule has 0 N–H and O–H groups in total. The Kier molecular flexibility index (Phi) is 6.14. The molecule has 0 bridgehead atoms. The Balaban J connectivity index is 1.25. The summed E-state index contributed by atoms with van der Waals surface area (Å²) in [6, 6.07) is 57.5. The molecule has 0 aliphatic heterocycles. The van der Waals surface area contributed by atoms with E-state index in [1.165, 1.54) is 48.7 Å². The molecule has 0 saturated carbocycles. The summed E-state index contributed by atoms with van der Waals surface area (Å²) in [6.07, 6.45) is 0. The van der Waals surface area contributed by atoms with Crippen molar-refractivity contribution in [1.29, 1.82) is 0 Å². The molecule has 46 heavy (non-hydrogen) atoms. The third-order valence-corrected chi connectivity index (χ3v) is 8.90. The van der Waals surface area contributed by atoms with E-state index in [2.05, 4.69) is 103 Å². The smallest absolute Gasteiger partial charge is 0.164 e. The summed E-state index contributed by atoms with van der Waals surface area (Å²) in [7, 11) is 0. The minimum atomic E-state index is 0.651. The van der Waals surface area contributed by atoms with Gasteiger partial charge in [0.25, 0.3) is 0 Å². The van der Waals surface area contributed by atoms with Gasteiger partial charge in [0.05, 0.1) is 0 Å². The minimum Gasteiger partial charge on any atom is -0.208 e. The molecule has 0 atom stereocenters. The molecular formula is C43H27N3. The summed E-state index contributed by atoms with van der Waals surface area (Å²) in [6.45, 7) is 0. The van der Waals surface area contributed by atoms with E-state index in [1.807, 2.05) is 60.7 Å². The topological polar surface area (TPSA) is 38.7 Å². The lowest BCUT2D eigenvalue weighted by atomic mass is 9.89. The van der Waals surface area contributed by atoms with E-state index in [1.54, 1.807) is 0 Å². The van der Waals surface area contributed by atoms with Crippen LogP contribution in [-0.4, -0.2) is 15.0 Å². The fourth-order valence-corrected chi connectivity index (χ4v) is 6.78. The molecule has 1 aromatic heterocycles. The van der Waals surface area contributed by atoms with E-state index in [0.29, 0.717) is 17.5 Å². The summed E-state index contributed by atoms with van der Waals surface area (Å²) in [5.41, 5.74) is 5.17. The van der Waals surface area contributed by atoms with Crippen molar-refractivity contribution in [3.05, 3.63) is 164 Å². The highest BCUT2D eigenvalue weighted by Gasteiger charge is 2.15. The number of nitrogens with zero attached hydrogens (tertiary/aromatic N) is 3. The molecule has 0 aliphatic rings. The van der Waals surface area contributed by atoms with Crippen LogP contribution in [0.1, 0.15) is 0 Å². The van der Waals surface area contributed by atoms with E-state index < -0.39 is 0 Å². The molecule has 0 unspecified atom stereocenters. The van der Waals surface area contributed by atoms with E-state index in [4.69, 9.17) is 15.0 Å². The van der Waals surface area contributed by atoms with Gasteiger partial charge in [-0.15, -0.1) is 0 Å². The van der Waals surface area contributed by atoms with Crippen molar-refractivity contribution in [3.63, 3.8) is 0 Å². The second-order valence-corrected chi connectivity index (χ2v) is 11.6. The van der Waals surface area contributed by atoms with Crippen LogP contribution in [0.2, 0.25) is 0 Å². The molecule has 0 radical (unpaired) electrons. The third kappa shape index (κ3) is 4.33. The van der Waals surface area contributed by atoms with Crippen molar-refractivity contribution < 1.29 is 0 Å². The van der Waals surface area contributed by atoms with E-state index in [9.17, 15) is 0 Å². The second-order valence-electron chi connectivity index (χ2n) is 11.6. The SMILES string of the molecule is c1ccc(-c2nc(-c3ccccc3)nc(-c3cccc(-c4cccc5c4ccc4c6ccccc6c6ccccc6c54)c3)n2)cc1. The summed E-state index contributed by atoms with van der Waals surface area (Å²) in [5, 5.41) is 10.2. The van der Waals surface area contributed by atoms with Crippen LogP contribution >= 0.6 is 0 Å². The Bertz CT molecular complexity index is 2480. The van der Waals surface area contributed by atoms with Gasteiger partial charge in [0, 0.05) is 16.7 Å². The first-order valence-corrected chi connectivity index (χ1v) is 15.5. The van der Waals surface area contributed by atoms with Crippen molar-refractivity contribution in [2.24, 2.45) is 0 Å². The third-order valence-electron chi connectivity index (χ3n) is 8.90. The largest absolute Gasteiger partial charge is 0.208 e. The quantitative estimate of drug-likeness (QED) is 0.193. The molecule has 0 spiro atoms. The van der Waals surface area contributed by atoms with Crippen molar-refractivity contribution in [3.8, 4) is 45.3 Å². The molecule has 214 valence electrons. The van der Waals surface area contributed by atoms with Crippen LogP contribution < -0.4 is 0 Å². The lowest BCUT2D eigenvalue weighted by Gasteiger charge is -2.15. The molecule has 0 aliphatic carbocycles. The van der Waals surface area contributed by atoms with Crippen LogP contribution in [0.5, 0.6) is 0 Å². The molecule has 0 amide bonds. The monoisotopic (exact) mass is 585 g/mol. The summed E-state index contributed by atoms with van der Waals surface area (Å²) in [4.78, 5) is 14.8. The minimum absolute atomic E-state index is 0.651. The number of rotatable bonds is 4. The summed E-state index contributed by atoms with van der Waals surface area (Å²) in [5.74, 6) is 1.97. The average molecular weight is 586 g/mol. The number of fused-ring (bicyclic) bond motifs is 8. The number of hydrogen-bond acceptors (Lipinski definition) is 3. The van der Waals surface area contributed by atoms with Gasteiger partial charge in [-0.1, -0.05) is 158 Å². The molecular weight excluding hydrogens is 558 g/mol. The first-order chi connectivity index (χ1) is 22.8. The Morgan fingerprint density at radius 1 is 0.261 bits per heavy atom. The highest BCUT2D eigenvalue weighted by Crippen LogP contribution is 2.41. The second kappa shape index (κ2) is 10.8. The Morgan fingerprint density at radius 2 is 0.652 bits per heavy atom. The Hall–Kier alpha value is -6.19. The van der Waals surface area contributed by atoms with Gasteiger partial charge in [-0.25, -0.2) is 15.0 Å². The van der Waals surface area contributed by atoms with Gasteiger partial charge in [-0.2, -0.15) is 0 Å². The van der Waals surface area contributed by atoms with Crippen molar-refractivity contribution in [2.75, 3.05) is 0 Å². The average Bonchev–Trinajstić information content (AvgIpc) is 3.15. The van der Waals surface area contributed by atoms with Crippen LogP contribution in [0, 0.1) is 0 Å². The van der Waals surface area contributed by atoms with E-state index in [0.717, 1.165) is 22.3 Å². The van der Waals surface area contributed by atoms with Crippen LogP contribution in [0.15, 0.2) is 164 Å². The number of hydrogen-bond donors (Lipinski definition) is 0. The Morgan fingerprint density at radius 3 is 1.28 bits per heavy atom. The van der Waals surface area contributed by atoms with Gasteiger partial charge >= 0.3 is 0 Å². The molecule has 0 fully saturated rings.